The summed E-state index contributed by atoms with van der Waals surface area (Å²) in [4.78, 5) is 0. The molecule has 276 valence electrons. The maximum absolute atomic E-state index is 2.44. The van der Waals surface area contributed by atoms with E-state index < -0.39 is 0 Å². The van der Waals surface area contributed by atoms with E-state index in [4.69, 9.17) is 0 Å². The zero-order valence-corrected chi connectivity index (χ0v) is 33.8. The van der Waals surface area contributed by atoms with Crippen molar-refractivity contribution >= 4 is 0 Å². The van der Waals surface area contributed by atoms with Crippen LogP contribution in [0.5, 0.6) is 0 Å². The van der Waals surface area contributed by atoms with Crippen LogP contribution in [-0.4, -0.2) is 0 Å². The number of hydrogen-bond donors (Lipinski definition) is 0. The van der Waals surface area contributed by atoms with E-state index in [1.54, 1.807) is 6.42 Å². The van der Waals surface area contributed by atoms with Crippen molar-refractivity contribution in [1.82, 2.24) is 0 Å². The lowest BCUT2D eigenvalue weighted by atomic mass is 9.51. The molecule has 0 heteroatoms. The topological polar surface area (TPSA) is 0 Å². The molecule has 10 aliphatic rings. The molecule has 0 heterocycles. The summed E-state index contributed by atoms with van der Waals surface area (Å²) in [6, 6.07) is 0. The maximum Gasteiger partial charge on any atom is -0.0246 e. The number of rotatable bonds is 0. The first-order chi connectivity index (χ1) is 21.2. The third kappa shape index (κ3) is 8.91. The molecule has 10 fully saturated rings. The van der Waals surface area contributed by atoms with Gasteiger partial charge in [-0.2, -0.15) is 0 Å². The fraction of sp³-hybridized carbons (Fsp3) is 1.00. The van der Waals surface area contributed by atoms with Gasteiger partial charge in [0.25, 0.3) is 0 Å². The smallest absolute Gasteiger partial charge is 0.0246 e. The van der Waals surface area contributed by atoms with Gasteiger partial charge in [0.15, 0.2) is 0 Å². The van der Waals surface area contributed by atoms with Crippen LogP contribution >= 0.6 is 0 Å². The summed E-state index contributed by atoms with van der Waals surface area (Å²) >= 11 is 0. The average Bonchev–Trinajstić information content (AvgIpc) is 3.81. The van der Waals surface area contributed by atoms with E-state index in [0.29, 0.717) is 21.7 Å². The zero-order chi connectivity index (χ0) is 33.8. The van der Waals surface area contributed by atoms with E-state index in [-0.39, 0.29) is 7.43 Å². The van der Waals surface area contributed by atoms with Crippen LogP contribution in [-0.2, 0) is 0 Å². The Labute approximate surface area is 298 Å². The molecule has 0 aromatic heterocycles. The normalized spacial score (nSPS) is 41.6. The summed E-state index contributed by atoms with van der Waals surface area (Å²) in [6.45, 7) is 29.2. The van der Waals surface area contributed by atoms with Gasteiger partial charge in [-0.1, -0.05) is 110 Å². The number of fused-ring (bicyclic) bond motifs is 10. The highest BCUT2D eigenvalue weighted by molar-refractivity contribution is 5.02. The Morgan fingerprint density at radius 2 is 0.745 bits per heavy atom. The molecule has 0 saturated heterocycles. The molecule has 0 amide bonds. The lowest BCUT2D eigenvalue weighted by Crippen LogP contribution is -2.43. The van der Waals surface area contributed by atoms with Gasteiger partial charge in [-0.15, -0.1) is 0 Å². The van der Waals surface area contributed by atoms with Crippen LogP contribution in [0.25, 0.3) is 0 Å². The Balaban J connectivity index is 0.000000141. The molecule has 10 aliphatic carbocycles. The molecule has 10 rings (SSSR count). The summed E-state index contributed by atoms with van der Waals surface area (Å²) < 4.78 is 0. The quantitative estimate of drug-likeness (QED) is 0.244. The van der Waals surface area contributed by atoms with Gasteiger partial charge in [0, 0.05) is 0 Å². The van der Waals surface area contributed by atoms with Crippen molar-refractivity contribution in [2.24, 2.45) is 79.8 Å². The molecule has 4 atom stereocenters. The molecule has 0 aromatic carbocycles. The molecule has 0 N–H and O–H groups in total. The van der Waals surface area contributed by atoms with Crippen LogP contribution in [0.4, 0.5) is 0 Å². The van der Waals surface area contributed by atoms with E-state index in [9.17, 15) is 0 Å². The predicted molar refractivity (Wildman–Crippen MR) is 210 cm³/mol. The molecule has 0 aromatic rings. The molecule has 0 nitrogen and oxygen atoms in total. The predicted octanol–water partition coefficient (Wildman–Crippen LogP) is 15.6. The standard InChI is InChI=1S/2C12H22.2C11H20.CH4/c1-11(2,3)12-7-4-10(5-8-12)6-9-12;1-12(2,3)11-8-9-4-6-10(11)7-5-9;1-10(2,3)11-6-4-9(8-11)5-7-11;1-11(2,3)10-7-8-4-5-9(10)6-8;/h10H,4-9H2,1-3H3;9-11H,4-8H2,1-3H3;9H,4-8H2,1-3H3;8-10H,4-7H2,1-3H3;1H4. The Hall–Kier alpha value is 0. The van der Waals surface area contributed by atoms with E-state index in [1.165, 1.54) is 122 Å². The third-order valence-corrected chi connectivity index (χ3v) is 17.0. The fourth-order valence-corrected chi connectivity index (χ4v) is 13.4. The van der Waals surface area contributed by atoms with E-state index in [0.717, 1.165) is 58.2 Å². The second kappa shape index (κ2) is 14.6. The lowest BCUT2D eigenvalue weighted by molar-refractivity contribution is -0.0316. The monoisotopic (exact) mass is 653 g/mol. The van der Waals surface area contributed by atoms with Gasteiger partial charge >= 0.3 is 0 Å². The van der Waals surface area contributed by atoms with Crippen molar-refractivity contribution in [2.45, 2.75) is 219 Å². The third-order valence-electron chi connectivity index (χ3n) is 17.0. The lowest BCUT2D eigenvalue weighted by Gasteiger charge is -2.54. The van der Waals surface area contributed by atoms with Crippen molar-refractivity contribution in [3.63, 3.8) is 0 Å². The van der Waals surface area contributed by atoms with Crippen LogP contribution in [0.15, 0.2) is 0 Å². The Kier molecular flexibility index (Phi) is 12.3. The summed E-state index contributed by atoms with van der Waals surface area (Å²) in [7, 11) is 0. The minimum absolute atomic E-state index is 0. The second-order valence-corrected chi connectivity index (χ2v) is 23.3. The molecule has 0 radical (unpaired) electrons. The molecule has 8 bridgehead atoms. The molecular formula is C47H88. The first-order valence-corrected chi connectivity index (χ1v) is 21.2. The maximum atomic E-state index is 2.44. The summed E-state index contributed by atoms with van der Waals surface area (Å²) in [5, 5.41) is 0. The number of hydrogen-bond acceptors (Lipinski definition) is 0. The van der Waals surface area contributed by atoms with E-state index in [1.807, 2.05) is 0 Å². The van der Waals surface area contributed by atoms with Crippen LogP contribution < -0.4 is 0 Å². The average molecular weight is 653 g/mol. The Bertz CT molecular complexity index is 932. The summed E-state index contributed by atoms with van der Waals surface area (Å²) in [5.74, 6) is 8.67. The fourth-order valence-electron chi connectivity index (χ4n) is 13.4. The van der Waals surface area contributed by atoms with Gasteiger partial charge in [-0.3, -0.25) is 0 Å². The Morgan fingerprint density at radius 1 is 0.362 bits per heavy atom. The summed E-state index contributed by atoms with van der Waals surface area (Å²) in [6.07, 6.45) is 30.6. The second-order valence-electron chi connectivity index (χ2n) is 23.3. The van der Waals surface area contributed by atoms with E-state index in [2.05, 4.69) is 83.1 Å². The molecule has 0 spiro atoms. The summed E-state index contributed by atoms with van der Waals surface area (Å²) in [5.41, 5.74) is 3.75. The van der Waals surface area contributed by atoms with Crippen molar-refractivity contribution in [1.29, 1.82) is 0 Å². The van der Waals surface area contributed by atoms with Crippen LogP contribution in [0.2, 0.25) is 0 Å². The highest BCUT2D eigenvalue weighted by Crippen LogP contribution is 2.62. The van der Waals surface area contributed by atoms with Gasteiger partial charge in [-0.05, 0) is 189 Å². The SMILES string of the molecule is C.CC(C)(C)C12CCC(CC1)C2.CC(C)(C)C12CCC(CC1)CC2.CC(C)(C)C1CC2CCC1C2.CC(C)(C)C1CC2CCC1CC2. The van der Waals surface area contributed by atoms with Gasteiger partial charge in [-0.25, -0.2) is 0 Å². The molecule has 47 heavy (non-hydrogen) atoms. The van der Waals surface area contributed by atoms with Gasteiger partial charge in [0.2, 0.25) is 0 Å². The van der Waals surface area contributed by atoms with Crippen LogP contribution in [0.1, 0.15) is 219 Å². The first kappa shape index (κ1) is 39.8. The van der Waals surface area contributed by atoms with Gasteiger partial charge < -0.3 is 0 Å². The largest absolute Gasteiger partial charge is 0.0776 e. The van der Waals surface area contributed by atoms with Crippen molar-refractivity contribution in [2.75, 3.05) is 0 Å². The van der Waals surface area contributed by atoms with Gasteiger partial charge in [0.05, 0.1) is 0 Å². The first-order valence-electron chi connectivity index (χ1n) is 21.2. The molecule has 0 aliphatic heterocycles. The zero-order valence-electron chi connectivity index (χ0n) is 33.8. The van der Waals surface area contributed by atoms with Crippen molar-refractivity contribution in [3.8, 4) is 0 Å². The van der Waals surface area contributed by atoms with Crippen molar-refractivity contribution < 1.29 is 0 Å². The van der Waals surface area contributed by atoms with Crippen LogP contribution in [0, 0.1) is 79.8 Å². The van der Waals surface area contributed by atoms with E-state index >= 15 is 0 Å². The van der Waals surface area contributed by atoms with Gasteiger partial charge in [0.1, 0.15) is 0 Å². The molecule has 10 saturated carbocycles. The Morgan fingerprint density at radius 3 is 0.979 bits per heavy atom. The molecular weight excluding hydrogens is 565 g/mol. The molecule has 4 unspecified atom stereocenters. The highest BCUT2D eigenvalue weighted by Gasteiger charge is 2.51. The highest BCUT2D eigenvalue weighted by atomic mass is 14.6. The minimum atomic E-state index is 0. The minimum Gasteiger partial charge on any atom is -0.0776 e. The van der Waals surface area contributed by atoms with Crippen LogP contribution in [0.3, 0.4) is 0 Å². The van der Waals surface area contributed by atoms with Crippen molar-refractivity contribution in [3.05, 3.63) is 0 Å².